The average Bonchev–Trinajstić information content (AvgIpc) is 3.63. The molecule has 8 nitrogen and oxygen atoms in total. The van der Waals surface area contributed by atoms with Gasteiger partial charge in [-0.3, -0.25) is 9.36 Å². The molecule has 0 saturated heterocycles. The van der Waals surface area contributed by atoms with Crippen molar-refractivity contribution < 1.29 is 23.4 Å². The van der Waals surface area contributed by atoms with Crippen LogP contribution in [0.1, 0.15) is 31.2 Å². The smallest absolute Gasteiger partial charge is 0.338 e. The van der Waals surface area contributed by atoms with Gasteiger partial charge in [0.05, 0.1) is 28.5 Å². The monoisotopic (exact) mass is 592 g/mol. The van der Waals surface area contributed by atoms with Crippen molar-refractivity contribution in [3.8, 4) is 22.8 Å². The molecule has 2 aromatic carbocycles. The summed E-state index contributed by atoms with van der Waals surface area (Å²) in [6.45, 7) is 3.81. The van der Waals surface area contributed by atoms with Crippen LogP contribution in [-0.2, 0) is 9.53 Å². The van der Waals surface area contributed by atoms with Gasteiger partial charge >= 0.3 is 5.97 Å². The predicted octanol–water partition coefficient (Wildman–Crippen LogP) is 4.55. The summed E-state index contributed by atoms with van der Waals surface area (Å²) < 4.78 is 25.3. The van der Waals surface area contributed by atoms with Crippen LogP contribution >= 0.6 is 27.3 Å². The summed E-state index contributed by atoms with van der Waals surface area (Å²) in [4.78, 5) is 31.9. The lowest BCUT2D eigenvalue weighted by molar-refractivity contribution is -0.139. The molecule has 4 heterocycles. The first-order valence-corrected chi connectivity index (χ1v) is 13.5. The quantitative estimate of drug-likeness (QED) is 0.316. The van der Waals surface area contributed by atoms with E-state index < -0.39 is 12.0 Å². The van der Waals surface area contributed by atoms with E-state index in [1.54, 1.807) is 32.1 Å². The van der Waals surface area contributed by atoms with Gasteiger partial charge in [0.25, 0.3) is 5.56 Å². The van der Waals surface area contributed by atoms with Crippen LogP contribution in [0.25, 0.3) is 17.4 Å². The van der Waals surface area contributed by atoms with Crippen LogP contribution in [0, 0.1) is 0 Å². The average molecular weight is 593 g/mol. The van der Waals surface area contributed by atoms with Crippen LogP contribution in [-0.4, -0.2) is 23.9 Å². The SMILES string of the molecule is CCOC(=O)C1=C(C)N=c2s/c(=C\c3ccc(-c4ccc(Br)cc4)o3)c(=O)n2[C@H]1c1ccc2c(c1)OCO2. The van der Waals surface area contributed by atoms with Crippen molar-refractivity contribution in [3.05, 3.63) is 101 Å². The molecule has 38 heavy (non-hydrogen) atoms. The number of aromatic nitrogens is 1. The normalized spacial score (nSPS) is 16.4. The van der Waals surface area contributed by atoms with E-state index in [1.165, 1.54) is 15.9 Å². The summed E-state index contributed by atoms with van der Waals surface area (Å²) in [5.41, 5.74) is 2.13. The minimum absolute atomic E-state index is 0.118. The van der Waals surface area contributed by atoms with Crippen LogP contribution in [0.4, 0.5) is 0 Å². The lowest BCUT2D eigenvalue weighted by Gasteiger charge is -2.24. The maximum Gasteiger partial charge on any atom is 0.338 e. The number of thiazole rings is 1. The highest BCUT2D eigenvalue weighted by Gasteiger charge is 2.34. The molecule has 1 atom stereocenters. The van der Waals surface area contributed by atoms with Gasteiger partial charge in [-0.05, 0) is 55.8 Å². The minimum Gasteiger partial charge on any atom is -0.463 e. The summed E-state index contributed by atoms with van der Waals surface area (Å²) in [5, 5.41) is 0. The maximum atomic E-state index is 13.8. The number of carbonyl (C=O) groups is 1. The summed E-state index contributed by atoms with van der Waals surface area (Å²) in [6.07, 6.45) is 1.70. The third-order valence-electron chi connectivity index (χ3n) is 6.26. The Hall–Kier alpha value is -3.89. The molecule has 0 unspecified atom stereocenters. The Bertz CT molecular complexity index is 1780. The number of halogens is 1. The highest BCUT2D eigenvalue weighted by atomic mass is 79.9. The van der Waals surface area contributed by atoms with E-state index in [-0.39, 0.29) is 19.0 Å². The van der Waals surface area contributed by atoms with E-state index in [4.69, 9.17) is 18.6 Å². The number of hydrogen-bond donors (Lipinski definition) is 0. The van der Waals surface area contributed by atoms with Gasteiger partial charge < -0.3 is 18.6 Å². The van der Waals surface area contributed by atoms with E-state index in [1.807, 2.05) is 42.5 Å². The van der Waals surface area contributed by atoms with E-state index in [0.717, 1.165) is 10.0 Å². The number of esters is 1. The molecule has 0 N–H and O–H groups in total. The van der Waals surface area contributed by atoms with Crippen molar-refractivity contribution in [2.24, 2.45) is 4.99 Å². The second kappa shape index (κ2) is 9.77. The first-order valence-electron chi connectivity index (χ1n) is 11.9. The molecule has 192 valence electrons. The zero-order chi connectivity index (χ0) is 26.4. The van der Waals surface area contributed by atoms with Gasteiger partial charge in [0.1, 0.15) is 11.5 Å². The lowest BCUT2D eigenvalue weighted by Crippen LogP contribution is -2.39. The molecule has 0 bridgehead atoms. The van der Waals surface area contributed by atoms with Crippen LogP contribution in [0.5, 0.6) is 11.5 Å². The second-order valence-corrected chi connectivity index (χ2v) is 10.5. The molecular weight excluding hydrogens is 572 g/mol. The number of benzene rings is 2. The molecule has 2 aromatic heterocycles. The van der Waals surface area contributed by atoms with Gasteiger partial charge in [-0.15, -0.1) is 0 Å². The Morgan fingerprint density at radius 2 is 1.95 bits per heavy atom. The van der Waals surface area contributed by atoms with Crippen LogP contribution in [0.15, 0.2) is 84.5 Å². The van der Waals surface area contributed by atoms with E-state index in [9.17, 15) is 9.59 Å². The number of furan rings is 1. The molecular formula is C28H21BrN2O6S. The number of fused-ring (bicyclic) bond motifs is 2. The Kier molecular flexibility index (Phi) is 6.29. The Morgan fingerprint density at radius 1 is 1.16 bits per heavy atom. The van der Waals surface area contributed by atoms with Gasteiger partial charge in [0.2, 0.25) is 6.79 Å². The van der Waals surface area contributed by atoms with E-state index >= 15 is 0 Å². The lowest BCUT2D eigenvalue weighted by atomic mass is 9.95. The molecule has 0 aliphatic carbocycles. The summed E-state index contributed by atoms with van der Waals surface area (Å²) in [6, 6.07) is 16.1. The number of carbonyl (C=O) groups excluding carboxylic acids is 1. The highest BCUT2D eigenvalue weighted by Crippen LogP contribution is 2.38. The number of rotatable bonds is 5. The molecule has 10 heteroatoms. The first kappa shape index (κ1) is 24.4. The standard InChI is InChI=1S/C28H21BrN2O6S/c1-3-34-27(33)24-15(2)30-28-31(25(24)17-6-10-21-22(12-17)36-14-35-21)26(32)23(38-28)13-19-9-11-20(37-19)16-4-7-18(29)8-5-16/h4-13,25H,3,14H2,1-2H3/b23-13-/t25-/m0/s1. The fourth-order valence-corrected chi connectivity index (χ4v) is 5.81. The molecule has 0 radical (unpaired) electrons. The van der Waals surface area contributed by atoms with Crippen molar-refractivity contribution in [2.45, 2.75) is 19.9 Å². The molecule has 6 rings (SSSR count). The van der Waals surface area contributed by atoms with Crippen LogP contribution < -0.4 is 24.4 Å². The van der Waals surface area contributed by atoms with Gasteiger partial charge in [-0.25, -0.2) is 9.79 Å². The number of nitrogens with zero attached hydrogens (tertiary/aromatic N) is 2. The minimum atomic E-state index is -0.739. The van der Waals surface area contributed by atoms with Crippen molar-refractivity contribution in [3.63, 3.8) is 0 Å². The van der Waals surface area contributed by atoms with Crippen molar-refractivity contribution in [1.82, 2.24) is 4.57 Å². The van der Waals surface area contributed by atoms with Crippen molar-refractivity contribution in [1.29, 1.82) is 0 Å². The van der Waals surface area contributed by atoms with Gasteiger partial charge in [0, 0.05) is 16.1 Å². The third-order valence-corrected chi connectivity index (χ3v) is 7.77. The number of allylic oxidation sites excluding steroid dienone is 1. The fourth-order valence-electron chi connectivity index (χ4n) is 4.52. The molecule has 0 saturated carbocycles. The third kappa shape index (κ3) is 4.29. The van der Waals surface area contributed by atoms with Gasteiger partial charge in [-0.1, -0.05) is 45.5 Å². The number of hydrogen-bond acceptors (Lipinski definition) is 8. The fraction of sp³-hybridized carbons (Fsp3) is 0.179. The molecule has 4 aromatic rings. The topological polar surface area (TPSA) is 92.3 Å². The Morgan fingerprint density at radius 3 is 2.74 bits per heavy atom. The summed E-state index contributed by atoms with van der Waals surface area (Å²) >= 11 is 4.68. The molecule has 2 aliphatic rings. The first-order chi connectivity index (χ1) is 18.4. The van der Waals surface area contributed by atoms with Crippen LogP contribution in [0.3, 0.4) is 0 Å². The molecule has 0 amide bonds. The number of ether oxygens (including phenoxy) is 3. The Balaban J connectivity index is 1.47. The molecule has 0 fully saturated rings. The van der Waals surface area contributed by atoms with Gasteiger partial charge in [-0.2, -0.15) is 0 Å². The van der Waals surface area contributed by atoms with Gasteiger partial charge in [0.15, 0.2) is 16.3 Å². The van der Waals surface area contributed by atoms with E-state index in [0.29, 0.717) is 49.2 Å². The highest BCUT2D eigenvalue weighted by molar-refractivity contribution is 9.10. The second-order valence-electron chi connectivity index (χ2n) is 8.62. The maximum absolute atomic E-state index is 13.8. The van der Waals surface area contributed by atoms with Crippen molar-refractivity contribution in [2.75, 3.05) is 13.4 Å². The summed E-state index contributed by atoms with van der Waals surface area (Å²) in [5.74, 6) is 1.87. The molecule has 2 aliphatic heterocycles. The predicted molar refractivity (Wildman–Crippen MR) is 145 cm³/mol. The van der Waals surface area contributed by atoms with Crippen LogP contribution in [0.2, 0.25) is 0 Å². The van der Waals surface area contributed by atoms with Crippen molar-refractivity contribution >= 4 is 39.3 Å². The zero-order valence-electron chi connectivity index (χ0n) is 20.4. The largest absolute Gasteiger partial charge is 0.463 e. The Labute approximate surface area is 229 Å². The molecule has 0 spiro atoms. The summed E-state index contributed by atoms with van der Waals surface area (Å²) in [7, 11) is 0. The zero-order valence-corrected chi connectivity index (χ0v) is 22.8. The van der Waals surface area contributed by atoms with E-state index in [2.05, 4.69) is 20.9 Å².